The largest absolute Gasteiger partial charge is 0.481 e. The fourth-order valence-electron chi connectivity index (χ4n) is 1.74. The lowest BCUT2D eigenvalue weighted by atomic mass is 9.90. The molecule has 5 nitrogen and oxygen atoms in total. The van der Waals surface area contributed by atoms with Crippen molar-refractivity contribution in [3.63, 3.8) is 0 Å². The highest BCUT2D eigenvalue weighted by molar-refractivity contribution is 5.76. The minimum Gasteiger partial charge on any atom is -0.481 e. The smallest absolute Gasteiger partial charge is 0.310 e. The first-order valence-electron chi connectivity index (χ1n) is 5.49. The molecule has 1 aromatic rings. The van der Waals surface area contributed by atoms with Gasteiger partial charge < -0.3 is 5.11 Å². The highest BCUT2D eigenvalue weighted by Gasteiger charge is 2.24. The Labute approximate surface area is 103 Å². The van der Waals surface area contributed by atoms with Crippen molar-refractivity contribution in [2.45, 2.75) is 26.2 Å². The molecule has 0 aliphatic carbocycles. The number of carboxylic acid groups (broad SMARTS) is 1. The number of aliphatic carboxylic acids is 1. The summed E-state index contributed by atoms with van der Waals surface area (Å²) in [6, 6.07) is 3.22. The maximum atomic E-state index is 13.4. The lowest BCUT2D eigenvalue weighted by molar-refractivity contribution is -0.387. The van der Waals surface area contributed by atoms with Crippen molar-refractivity contribution in [3.8, 4) is 0 Å². The Morgan fingerprint density at radius 3 is 2.50 bits per heavy atom. The van der Waals surface area contributed by atoms with Crippen molar-refractivity contribution in [2.24, 2.45) is 5.92 Å². The summed E-state index contributed by atoms with van der Waals surface area (Å²) in [5, 5.41) is 19.6. The molecule has 1 atom stereocenters. The Balaban J connectivity index is 3.11. The van der Waals surface area contributed by atoms with Crippen molar-refractivity contribution < 1.29 is 19.2 Å². The van der Waals surface area contributed by atoms with Gasteiger partial charge in [0.15, 0.2) is 0 Å². The van der Waals surface area contributed by atoms with E-state index in [1.54, 1.807) is 0 Å². The van der Waals surface area contributed by atoms with Crippen LogP contribution in [0.15, 0.2) is 18.2 Å². The number of benzene rings is 1. The van der Waals surface area contributed by atoms with Gasteiger partial charge in [0, 0.05) is 6.07 Å². The van der Waals surface area contributed by atoms with E-state index in [-0.39, 0.29) is 11.5 Å². The highest BCUT2D eigenvalue weighted by Crippen LogP contribution is 2.27. The number of nitro benzene ring substituents is 1. The molecule has 0 saturated heterocycles. The molecular weight excluding hydrogens is 241 g/mol. The van der Waals surface area contributed by atoms with E-state index >= 15 is 0 Å². The number of nitro groups is 1. The summed E-state index contributed by atoms with van der Waals surface area (Å²) in [6.45, 7) is 3.72. The highest BCUT2D eigenvalue weighted by atomic mass is 19.1. The van der Waals surface area contributed by atoms with Gasteiger partial charge in [-0.15, -0.1) is 0 Å². The first-order chi connectivity index (χ1) is 8.32. The molecule has 0 bridgehead atoms. The van der Waals surface area contributed by atoms with E-state index in [0.29, 0.717) is 6.42 Å². The van der Waals surface area contributed by atoms with Crippen molar-refractivity contribution in [1.29, 1.82) is 0 Å². The minimum absolute atomic E-state index is 0.129. The summed E-state index contributed by atoms with van der Waals surface area (Å²) >= 11 is 0. The zero-order chi connectivity index (χ0) is 13.9. The monoisotopic (exact) mass is 255 g/mol. The van der Waals surface area contributed by atoms with Gasteiger partial charge in [-0.1, -0.05) is 19.9 Å². The van der Waals surface area contributed by atoms with Crippen LogP contribution < -0.4 is 0 Å². The molecule has 0 spiro atoms. The molecule has 0 saturated carbocycles. The van der Waals surface area contributed by atoms with Gasteiger partial charge in [0.1, 0.15) is 0 Å². The van der Waals surface area contributed by atoms with Crippen LogP contribution in [0.5, 0.6) is 0 Å². The van der Waals surface area contributed by atoms with Gasteiger partial charge in [-0.2, -0.15) is 4.39 Å². The van der Waals surface area contributed by atoms with Gasteiger partial charge in [0.05, 0.1) is 10.8 Å². The number of hydrogen-bond donors (Lipinski definition) is 1. The van der Waals surface area contributed by atoms with Crippen LogP contribution in [0.3, 0.4) is 0 Å². The van der Waals surface area contributed by atoms with E-state index in [0.717, 1.165) is 12.1 Å². The number of halogens is 1. The van der Waals surface area contributed by atoms with E-state index in [1.807, 2.05) is 13.8 Å². The molecule has 18 heavy (non-hydrogen) atoms. The topological polar surface area (TPSA) is 80.4 Å². The minimum atomic E-state index is -1.06. The third kappa shape index (κ3) is 3.26. The predicted octanol–water partition coefficient (Wildman–Crippen LogP) is 2.95. The van der Waals surface area contributed by atoms with Crippen molar-refractivity contribution in [2.75, 3.05) is 0 Å². The van der Waals surface area contributed by atoms with E-state index in [2.05, 4.69) is 0 Å². The van der Waals surface area contributed by atoms with Crippen LogP contribution in [-0.4, -0.2) is 16.0 Å². The van der Waals surface area contributed by atoms with Crippen LogP contribution >= 0.6 is 0 Å². The Morgan fingerprint density at radius 2 is 2.11 bits per heavy atom. The second kappa shape index (κ2) is 5.57. The molecular formula is C12H14FNO4. The quantitative estimate of drug-likeness (QED) is 0.647. The second-order valence-electron chi connectivity index (χ2n) is 4.49. The molecule has 0 unspecified atom stereocenters. The van der Waals surface area contributed by atoms with Gasteiger partial charge in [-0.3, -0.25) is 14.9 Å². The summed E-state index contributed by atoms with van der Waals surface area (Å²) in [4.78, 5) is 20.7. The summed E-state index contributed by atoms with van der Waals surface area (Å²) in [5.74, 6) is -2.78. The molecule has 0 amide bonds. The molecule has 1 aromatic carbocycles. The van der Waals surface area contributed by atoms with Gasteiger partial charge >= 0.3 is 11.7 Å². The molecule has 98 valence electrons. The average molecular weight is 255 g/mol. The fraction of sp³-hybridized carbons (Fsp3) is 0.417. The lowest BCUT2D eigenvalue weighted by Crippen LogP contribution is -2.14. The summed E-state index contributed by atoms with van der Waals surface area (Å²) in [5.41, 5.74) is -0.397. The summed E-state index contributed by atoms with van der Waals surface area (Å²) in [7, 11) is 0. The summed E-state index contributed by atoms with van der Waals surface area (Å²) in [6.07, 6.45) is 0.354. The Bertz CT molecular complexity index is 473. The molecule has 0 fully saturated rings. The molecule has 1 N–H and O–H groups in total. The second-order valence-corrected chi connectivity index (χ2v) is 4.49. The van der Waals surface area contributed by atoms with E-state index in [4.69, 9.17) is 5.11 Å². The Hall–Kier alpha value is -1.98. The normalized spacial score (nSPS) is 12.4. The van der Waals surface area contributed by atoms with Crippen LogP contribution in [0, 0.1) is 21.8 Å². The number of nitrogens with zero attached hydrogens (tertiary/aromatic N) is 1. The molecule has 0 radical (unpaired) electrons. The molecule has 0 aromatic heterocycles. The maximum Gasteiger partial charge on any atom is 0.310 e. The van der Waals surface area contributed by atoms with Gasteiger partial charge in [0.25, 0.3) is 0 Å². The molecule has 0 aliphatic heterocycles. The van der Waals surface area contributed by atoms with Crippen molar-refractivity contribution in [1.82, 2.24) is 0 Å². The van der Waals surface area contributed by atoms with Crippen molar-refractivity contribution in [3.05, 3.63) is 39.7 Å². The first-order valence-corrected chi connectivity index (χ1v) is 5.49. The fourth-order valence-corrected chi connectivity index (χ4v) is 1.74. The van der Waals surface area contributed by atoms with Crippen molar-refractivity contribution >= 4 is 11.7 Å². The lowest BCUT2D eigenvalue weighted by Gasteiger charge is -2.14. The van der Waals surface area contributed by atoms with Crippen LogP contribution in [-0.2, 0) is 4.79 Å². The number of carbonyl (C=O) groups is 1. The predicted molar refractivity (Wildman–Crippen MR) is 62.9 cm³/mol. The average Bonchev–Trinajstić information content (AvgIpc) is 2.24. The van der Waals surface area contributed by atoms with Gasteiger partial charge in [0.2, 0.25) is 5.82 Å². The third-order valence-corrected chi connectivity index (χ3v) is 2.58. The third-order valence-electron chi connectivity index (χ3n) is 2.58. The SMILES string of the molecule is CC(C)C[C@H](C(=O)O)c1ccc([N+](=O)[O-])c(F)c1. The molecule has 0 heterocycles. The van der Waals surface area contributed by atoms with Gasteiger partial charge in [-0.25, -0.2) is 0 Å². The zero-order valence-electron chi connectivity index (χ0n) is 10.1. The van der Waals surface area contributed by atoms with E-state index in [1.165, 1.54) is 6.07 Å². The molecule has 0 aliphatic rings. The number of carboxylic acids is 1. The van der Waals surface area contributed by atoms with Crippen LogP contribution in [0.4, 0.5) is 10.1 Å². The zero-order valence-corrected chi connectivity index (χ0v) is 10.1. The maximum absolute atomic E-state index is 13.4. The van der Waals surface area contributed by atoms with Crippen LogP contribution in [0.1, 0.15) is 31.7 Å². The molecule has 6 heteroatoms. The Morgan fingerprint density at radius 1 is 1.50 bits per heavy atom. The number of hydrogen-bond acceptors (Lipinski definition) is 3. The van der Waals surface area contributed by atoms with Crippen LogP contribution in [0.2, 0.25) is 0 Å². The Kier molecular flexibility index (Phi) is 4.36. The first kappa shape index (κ1) is 14.1. The molecule has 1 rings (SSSR count). The van der Waals surface area contributed by atoms with E-state index in [9.17, 15) is 19.3 Å². The van der Waals surface area contributed by atoms with Crippen LogP contribution in [0.25, 0.3) is 0 Å². The van der Waals surface area contributed by atoms with E-state index < -0.39 is 28.3 Å². The standard InChI is InChI=1S/C12H14FNO4/c1-7(2)5-9(12(15)16)8-3-4-11(14(17)18)10(13)6-8/h3-4,6-7,9H,5H2,1-2H3,(H,15,16)/t9-/m0/s1. The summed E-state index contributed by atoms with van der Waals surface area (Å²) < 4.78 is 13.4. The number of rotatable bonds is 5. The van der Waals surface area contributed by atoms with Gasteiger partial charge in [-0.05, 0) is 24.0 Å².